The van der Waals surface area contributed by atoms with E-state index in [-0.39, 0.29) is 29.6 Å². The van der Waals surface area contributed by atoms with Crippen LogP contribution in [0.3, 0.4) is 0 Å². The number of hydrogen-bond donors (Lipinski definition) is 0. The van der Waals surface area contributed by atoms with Gasteiger partial charge in [-0.3, -0.25) is 4.79 Å². The van der Waals surface area contributed by atoms with Crippen molar-refractivity contribution in [1.29, 1.82) is 0 Å². The first-order chi connectivity index (χ1) is 17.4. The van der Waals surface area contributed by atoms with Gasteiger partial charge in [0.1, 0.15) is 17.1 Å². The zero-order chi connectivity index (χ0) is 24.9. The van der Waals surface area contributed by atoms with Crippen LogP contribution in [0, 0.1) is 11.8 Å². The molecule has 3 aliphatic rings. The van der Waals surface area contributed by atoms with Gasteiger partial charge in [-0.25, -0.2) is 4.98 Å². The molecule has 1 amide bonds. The van der Waals surface area contributed by atoms with E-state index in [4.69, 9.17) is 14.2 Å². The van der Waals surface area contributed by atoms with Gasteiger partial charge in [0.2, 0.25) is 0 Å². The number of fused-ring (bicyclic) bond motifs is 4. The summed E-state index contributed by atoms with van der Waals surface area (Å²) in [7, 11) is 1.67. The number of hydrogen-bond acceptors (Lipinski definition) is 5. The molecule has 2 fully saturated rings. The maximum absolute atomic E-state index is 13.5. The second-order valence-corrected chi connectivity index (χ2v) is 10.8. The number of imidazole rings is 1. The molecule has 1 aromatic heterocycles. The molecule has 2 saturated heterocycles. The zero-order valence-corrected chi connectivity index (χ0v) is 21.1. The lowest BCUT2D eigenvalue weighted by Crippen LogP contribution is -2.56. The zero-order valence-electron chi connectivity index (χ0n) is 21.1. The van der Waals surface area contributed by atoms with Crippen molar-refractivity contribution in [1.82, 2.24) is 14.5 Å². The number of nitrogens with zero attached hydrogens (tertiary/aromatic N) is 3. The Morgan fingerprint density at radius 2 is 2.11 bits per heavy atom. The highest BCUT2D eigenvalue weighted by molar-refractivity contribution is 5.94. The fourth-order valence-electron chi connectivity index (χ4n) is 6.17. The summed E-state index contributed by atoms with van der Waals surface area (Å²) in [5.74, 6) is 2.24. The van der Waals surface area contributed by atoms with E-state index in [0.29, 0.717) is 25.6 Å². The molecule has 0 saturated carbocycles. The second kappa shape index (κ2) is 8.96. The molecule has 0 spiro atoms. The van der Waals surface area contributed by atoms with E-state index in [1.54, 1.807) is 19.6 Å². The van der Waals surface area contributed by atoms with Crippen LogP contribution < -0.4 is 9.47 Å². The minimum atomic E-state index is -0.372. The van der Waals surface area contributed by atoms with Gasteiger partial charge in [-0.2, -0.15) is 0 Å². The number of benzene rings is 2. The van der Waals surface area contributed by atoms with Crippen molar-refractivity contribution in [2.75, 3.05) is 20.2 Å². The molecule has 4 atom stereocenters. The predicted molar refractivity (Wildman–Crippen MR) is 135 cm³/mol. The highest BCUT2D eigenvalue weighted by atomic mass is 16.5. The number of aromatic nitrogens is 2. The third-order valence-corrected chi connectivity index (χ3v) is 8.09. The normalized spacial score (nSPS) is 26.2. The van der Waals surface area contributed by atoms with Crippen molar-refractivity contribution in [2.45, 2.75) is 51.0 Å². The Hall–Kier alpha value is -3.32. The number of amides is 1. The third kappa shape index (κ3) is 4.15. The molecule has 0 N–H and O–H groups in total. The van der Waals surface area contributed by atoms with Gasteiger partial charge in [0.25, 0.3) is 5.91 Å². The first kappa shape index (κ1) is 23.1. The number of methoxy groups -OCH3 is 1. The van der Waals surface area contributed by atoms with Crippen molar-refractivity contribution in [3.63, 3.8) is 0 Å². The SMILES string of the molecule is COc1ccc2c(c1)OC(C)(C)[C@@H]1C[C@H]3CN(C(=O)c4cccc(Cn5ccnc5)c4)CC[C@H]3O[C@@H]21. The predicted octanol–water partition coefficient (Wildman–Crippen LogP) is 4.72. The van der Waals surface area contributed by atoms with E-state index in [1.807, 2.05) is 46.0 Å². The first-order valence-corrected chi connectivity index (χ1v) is 12.8. The van der Waals surface area contributed by atoms with Gasteiger partial charge < -0.3 is 23.7 Å². The summed E-state index contributed by atoms with van der Waals surface area (Å²) in [5.41, 5.74) is 2.56. The second-order valence-electron chi connectivity index (χ2n) is 10.8. The topological polar surface area (TPSA) is 65.8 Å². The van der Waals surface area contributed by atoms with Crippen LogP contribution in [0.2, 0.25) is 0 Å². The lowest BCUT2D eigenvalue weighted by molar-refractivity contribution is -0.184. The van der Waals surface area contributed by atoms with E-state index >= 15 is 0 Å². The summed E-state index contributed by atoms with van der Waals surface area (Å²) in [4.78, 5) is 19.6. The lowest BCUT2D eigenvalue weighted by atomic mass is 9.70. The molecule has 3 aromatic rings. The Balaban J connectivity index is 1.18. The maximum Gasteiger partial charge on any atom is 0.253 e. The largest absolute Gasteiger partial charge is 0.497 e. The fourth-order valence-corrected chi connectivity index (χ4v) is 6.17. The third-order valence-electron chi connectivity index (χ3n) is 8.09. The highest BCUT2D eigenvalue weighted by Gasteiger charge is 2.51. The van der Waals surface area contributed by atoms with Gasteiger partial charge in [-0.1, -0.05) is 12.1 Å². The van der Waals surface area contributed by atoms with Gasteiger partial charge in [-0.05, 0) is 56.5 Å². The molecule has 188 valence electrons. The molecular formula is C29H33N3O4. The van der Waals surface area contributed by atoms with Crippen LogP contribution >= 0.6 is 0 Å². The summed E-state index contributed by atoms with van der Waals surface area (Å²) in [6.07, 6.45) is 7.45. The van der Waals surface area contributed by atoms with Crippen LogP contribution in [0.4, 0.5) is 0 Å². The average Bonchev–Trinajstić information content (AvgIpc) is 3.39. The summed E-state index contributed by atoms with van der Waals surface area (Å²) in [6.45, 7) is 6.41. The lowest BCUT2D eigenvalue weighted by Gasteiger charge is -2.53. The molecule has 7 nitrogen and oxygen atoms in total. The monoisotopic (exact) mass is 487 g/mol. The molecule has 36 heavy (non-hydrogen) atoms. The number of ether oxygens (including phenoxy) is 3. The summed E-state index contributed by atoms with van der Waals surface area (Å²) in [6, 6.07) is 14.0. The van der Waals surface area contributed by atoms with Crippen molar-refractivity contribution >= 4 is 5.91 Å². The molecule has 3 aliphatic heterocycles. The quantitative estimate of drug-likeness (QED) is 0.533. The van der Waals surface area contributed by atoms with Crippen LogP contribution in [0.1, 0.15) is 54.3 Å². The average molecular weight is 488 g/mol. The van der Waals surface area contributed by atoms with Crippen LogP contribution in [0.15, 0.2) is 61.2 Å². The standard InChI is InChI=1S/C29H33N3O4/c1-29(2)24-14-21-17-32(28(33)20-6-4-5-19(13-20)16-31-12-10-30-18-31)11-9-25(21)35-27(24)23-8-7-22(34-3)15-26(23)36-29/h4-8,10,12-13,15,18,21,24-25,27H,9,11,14,16-17H2,1-3H3/t21-,24+,25+,27-/m0/s1. The van der Waals surface area contributed by atoms with Gasteiger partial charge in [0.15, 0.2) is 0 Å². The van der Waals surface area contributed by atoms with Gasteiger partial charge in [0.05, 0.1) is 25.6 Å². The van der Waals surface area contributed by atoms with E-state index in [0.717, 1.165) is 41.0 Å². The summed E-state index contributed by atoms with van der Waals surface area (Å²) >= 11 is 0. The minimum absolute atomic E-state index is 0.00184. The number of carbonyl (C=O) groups excluding carboxylic acids is 1. The Labute approximate surface area is 212 Å². The minimum Gasteiger partial charge on any atom is -0.497 e. The smallest absolute Gasteiger partial charge is 0.253 e. The number of carbonyl (C=O) groups is 1. The first-order valence-electron chi connectivity index (χ1n) is 12.8. The molecule has 0 bridgehead atoms. The number of likely N-dealkylation sites (tertiary alicyclic amines) is 1. The van der Waals surface area contributed by atoms with E-state index in [9.17, 15) is 4.79 Å². The molecule has 6 rings (SSSR count). The van der Waals surface area contributed by atoms with E-state index < -0.39 is 0 Å². The Kier molecular flexibility index (Phi) is 5.75. The van der Waals surface area contributed by atoms with Gasteiger partial charge in [-0.15, -0.1) is 0 Å². The van der Waals surface area contributed by atoms with Crippen molar-refractivity contribution in [2.24, 2.45) is 11.8 Å². The van der Waals surface area contributed by atoms with E-state index in [1.165, 1.54) is 0 Å². The van der Waals surface area contributed by atoms with Crippen LogP contribution in [0.5, 0.6) is 11.5 Å². The Bertz CT molecular complexity index is 1260. The number of rotatable bonds is 4. The molecule has 0 aliphatic carbocycles. The van der Waals surface area contributed by atoms with Crippen molar-refractivity contribution < 1.29 is 19.0 Å². The van der Waals surface area contributed by atoms with Crippen LogP contribution in [-0.2, 0) is 11.3 Å². The van der Waals surface area contributed by atoms with Crippen LogP contribution in [0.25, 0.3) is 0 Å². The van der Waals surface area contributed by atoms with Gasteiger partial charge in [0, 0.05) is 61.1 Å². The Morgan fingerprint density at radius 1 is 1.22 bits per heavy atom. The molecule has 0 radical (unpaired) electrons. The molecular weight excluding hydrogens is 454 g/mol. The molecule has 7 heteroatoms. The highest BCUT2D eigenvalue weighted by Crippen LogP contribution is 2.53. The maximum atomic E-state index is 13.5. The molecule has 4 heterocycles. The fraction of sp³-hybridized carbons (Fsp3) is 0.448. The summed E-state index contributed by atoms with van der Waals surface area (Å²) in [5, 5.41) is 0. The number of piperidine rings is 1. The van der Waals surface area contributed by atoms with Gasteiger partial charge >= 0.3 is 0 Å². The van der Waals surface area contributed by atoms with Crippen LogP contribution in [-0.4, -0.2) is 52.3 Å². The van der Waals surface area contributed by atoms with Crippen molar-refractivity contribution in [3.8, 4) is 11.5 Å². The summed E-state index contributed by atoms with van der Waals surface area (Å²) < 4.78 is 20.7. The molecule has 2 aromatic carbocycles. The molecule has 0 unspecified atom stereocenters. The van der Waals surface area contributed by atoms with Crippen molar-refractivity contribution in [3.05, 3.63) is 77.9 Å². The van der Waals surface area contributed by atoms with E-state index in [2.05, 4.69) is 31.0 Å². The Morgan fingerprint density at radius 3 is 2.92 bits per heavy atom.